The van der Waals surface area contributed by atoms with Gasteiger partial charge in [-0.25, -0.2) is 0 Å². The fourth-order valence-electron chi connectivity index (χ4n) is 1.84. The van der Waals surface area contributed by atoms with Gasteiger partial charge in [0.1, 0.15) is 5.75 Å². The zero-order valence-electron chi connectivity index (χ0n) is 10.7. The maximum absolute atomic E-state index is 5.37. The highest BCUT2D eigenvalue weighted by molar-refractivity contribution is 5.64. The first kappa shape index (κ1) is 12.3. The fourth-order valence-corrected chi connectivity index (χ4v) is 1.84. The lowest BCUT2D eigenvalue weighted by molar-refractivity contribution is 0.416. The molecule has 2 aromatic rings. The van der Waals surface area contributed by atoms with Gasteiger partial charge in [-0.1, -0.05) is 37.3 Å². The number of hydrazine groups is 1. The highest BCUT2D eigenvalue weighted by Crippen LogP contribution is 2.28. The monoisotopic (exact) mass is 242 g/mol. The molecule has 0 spiro atoms. The largest absolute Gasteiger partial charge is 0.495 e. The molecular formula is C15H18N2O. The maximum atomic E-state index is 5.37. The molecule has 0 saturated carbocycles. The minimum atomic E-state index is 0.845. The molecule has 0 bridgehead atoms. The minimum absolute atomic E-state index is 0.845. The Kier molecular flexibility index (Phi) is 4.07. The Bertz CT molecular complexity index is 475. The minimum Gasteiger partial charge on any atom is -0.495 e. The zero-order chi connectivity index (χ0) is 12.8. The van der Waals surface area contributed by atoms with E-state index in [-0.39, 0.29) is 0 Å². The van der Waals surface area contributed by atoms with E-state index in [1.165, 1.54) is 5.56 Å². The molecule has 0 aliphatic rings. The van der Waals surface area contributed by atoms with E-state index < -0.39 is 0 Å². The molecule has 0 aliphatic carbocycles. The average Bonchev–Trinajstić information content (AvgIpc) is 2.45. The van der Waals surface area contributed by atoms with Gasteiger partial charge in [0.05, 0.1) is 18.5 Å². The number of hydrogen-bond acceptors (Lipinski definition) is 3. The normalized spacial score (nSPS) is 9.89. The highest BCUT2D eigenvalue weighted by atomic mass is 16.5. The number of rotatable bonds is 5. The standard InChI is InChI=1S/C15H18N2O/c1-3-12-8-7-11-14(18-2)15(12)17-16-13-9-5-4-6-10-13/h4-11,16-17H,3H2,1-2H3. The predicted molar refractivity (Wildman–Crippen MR) is 76.1 cm³/mol. The fraction of sp³-hybridized carbons (Fsp3) is 0.200. The molecule has 0 atom stereocenters. The molecule has 0 heterocycles. The van der Waals surface area contributed by atoms with Crippen LogP contribution in [-0.4, -0.2) is 7.11 Å². The summed E-state index contributed by atoms with van der Waals surface area (Å²) in [5.74, 6) is 0.845. The smallest absolute Gasteiger partial charge is 0.144 e. The third-order valence-electron chi connectivity index (χ3n) is 2.82. The van der Waals surface area contributed by atoms with Crippen molar-refractivity contribution in [2.24, 2.45) is 0 Å². The number of aryl methyl sites for hydroxylation is 1. The molecule has 2 aromatic carbocycles. The first-order valence-corrected chi connectivity index (χ1v) is 6.08. The molecule has 94 valence electrons. The number of anilines is 2. The highest BCUT2D eigenvalue weighted by Gasteiger charge is 2.06. The Labute approximate surface area is 108 Å². The van der Waals surface area contributed by atoms with Gasteiger partial charge in [0.2, 0.25) is 0 Å². The van der Waals surface area contributed by atoms with Gasteiger partial charge in [0, 0.05) is 0 Å². The molecule has 0 aliphatic heterocycles. The maximum Gasteiger partial charge on any atom is 0.144 e. The Morgan fingerprint density at radius 1 is 0.944 bits per heavy atom. The van der Waals surface area contributed by atoms with Crippen LogP contribution in [0.5, 0.6) is 5.75 Å². The van der Waals surface area contributed by atoms with Crippen molar-refractivity contribution < 1.29 is 4.74 Å². The van der Waals surface area contributed by atoms with Gasteiger partial charge in [-0.15, -0.1) is 0 Å². The first-order valence-electron chi connectivity index (χ1n) is 6.08. The Hall–Kier alpha value is -2.16. The molecule has 2 rings (SSSR count). The van der Waals surface area contributed by atoms with Crippen molar-refractivity contribution in [3.8, 4) is 5.75 Å². The Morgan fingerprint density at radius 2 is 1.72 bits per heavy atom. The van der Waals surface area contributed by atoms with E-state index in [9.17, 15) is 0 Å². The SMILES string of the molecule is CCc1cccc(OC)c1NNc1ccccc1. The first-order chi connectivity index (χ1) is 8.85. The van der Waals surface area contributed by atoms with Gasteiger partial charge in [-0.2, -0.15) is 0 Å². The third kappa shape index (κ3) is 2.74. The van der Waals surface area contributed by atoms with Crippen LogP contribution < -0.4 is 15.6 Å². The van der Waals surface area contributed by atoms with Crippen molar-refractivity contribution >= 4 is 11.4 Å². The van der Waals surface area contributed by atoms with Crippen LogP contribution in [0.3, 0.4) is 0 Å². The quantitative estimate of drug-likeness (QED) is 0.784. The van der Waals surface area contributed by atoms with Gasteiger partial charge >= 0.3 is 0 Å². The molecule has 18 heavy (non-hydrogen) atoms. The second-order valence-electron chi connectivity index (χ2n) is 3.96. The lowest BCUT2D eigenvalue weighted by atomic mass is 10.1. The van der Waals surface area contributed by atoms with Crippen molar-refractivity contribution in [3.63, 3.8) is 0 Å². The van der Waals surface area contributed by atoms with Crippen LogP contribution >= 0.6 is 0 Å². The van der Waals surface area contributed by atoms with Crippen molar-refractivity contribution in [3.05, 3.63) is 54.1 Å². The predicted octanol–water partition coefficient (Wildman–Crippen LogP) is 3.70. The number of hydrogen-bond donors (Lipinski definition) is 2. The Morgan fingerprint density at radius 3 is 2.39 bits per heavy atom. The summed E-state index contributed by atoms with van der Waals surface area (Å²) >= 11 is 0. The molecule has 0 fully saturated rings. The summed E-state index contributed by atoms with van der Waals surface area (Å²) in [6, 6.07) is 16.0. The molecule has 3 heteroatoms. The van der Waals surface area contributed by atoms with Gasteiger partial charge in [-0.05, 0) is 30.2 Å². The van der Waals surface area contributed by atoms with E-state index in [1.807, 2.05) is 42.5 Å². The van der Waals surface area contributed by atoms with Crippen LogP contribution in [0.2, 0.25) is 0 Å². The van der Waals surface area contributed by atoms with E-state index in [0.29, 0.717) is 0 Å². The molecule has 0 saturated heterocycles. The third-order valence-corrected chi connectivity index (χ3v) is 2.82. The second kappa shape index (κ2) is 5.96. The summed E-state index contributed by atoms with van der Waals surface area (Å²) in [7, 11) is 1.68. The summed E-state index contributed by atoms with van der Waals surface area (Å²) in [6.45, 7) is 2.13. The molecule has 0 amide bonds. The lowest BCUT2D eigenvalue weighted by Gasteiger charge is -2.16. The van der Waals surface area contributed by atoms with Crippen molar-refractivity contribution in [1.82, 2.24) is 0 Å². The summed E-state index contributed by atoms with van der Waals surface area (Å²) < 4.78 is 5.37. The van der Waals surface area contributed by atoms with Gasteiger partial charge in [-0.3, -0.25) is 5.43 Å². The topological polar surface area (TPSA) is 33.3 Å². The zero-order valence-corrected chi connectivity index (χ0v) is 10.7. The van der Waals surface area contributed by atoms with Crippen LogP contribution in [0, 0.1) is 0 Å². The van der Waals surface area contributed by atoms with Crippen molar-refractivity contribution in [2.75, 3.05) is 18.0 Å². The van der Waals surface area contributed by atoms with Gasteiger partial charge in [0.15, 0.2) is 0 Å². The van der Waals surface area contributed by atoms with Crippen LogP contribution in [0.15, 0.2) is 48.5 Å². The molecule has 0 aromatic heterocycles. The Balaban J connectivity index is 2.17. The van der Waals surface area contributed by atoms with E-state index in [1.54, 1.807) is 7.11 Å². The number of nitrogens with one attached hydrogen (secondary N) is 2. The van der Waals surface area contributed by atoms with Gasteiger partial charge < -0.3 is 10.2 Å². The number of benzene rings is 2. The number of methoxy groups -OCH3 is 1. The molecule has 3 nitrogen and oxygen atoms in total. The van der Waals surface area contributed by atoms with E-state index >= 15 is 0 Å². The number of para-hydroxylation sites is 2. The van der Waals surface area contributed by atoms with E-state index in [0.717, 1.165) is 23.5 Å². The van der Waals surface area contributed by atoms with Crippen molar-refractivity contribution in [2.45, 2.75) is 13.3 Å². The van der Waals surface area contributed by atoms with Crippen LogP contribution in [-0.2, 0) is 6.42 Å². The van der Waals surface area contributed by atoms with Crippen LogP contribution in [0.25, 0.3) is 0 Å². The summed E-state index contributed by atoms with van der Waals surface area (Å²) in [6.07, 6.45) is 0.954. The molecular weight excluding hydrogens is 224 g/mol. The van der Waals surface area contributed by atoms with Crippen LogP contribution in [0.1, 0.15) is 12.5 Å². The summed E-state index contributed by atoms with van der Waals surface area (Å²) in [5, 5.41) is 0. The molecule has 2 N–H and O–H groups in total. The van der Waals surface area contributed by atoms with E-state index in [2.05, 4.69) is 23.8 Å². The summed E-state index contributed by atoms with van der Waals surface area (Å²) in [5.41, 5.74) is 9.64. The van der Waals surface area contributed by atoms with Gasteiger partial charge in [0.25, 0.3) is 0 Å². The summed E-state index contributed by atoms with van der Waals surface area (Å²) in [4.78, 5) is 0. The van der Waals surface area contributed by atoms with E-state index in [4.69, 9.17) is 4.74 Å². The van der Waals surface area contributed by atoms with Crippen LogP contribution in [0.4, 0.5) is 11.4 Å². The molecule has 0 radical (unpaired) electrons. The average molecular weight is 242 g/mol. The molecule has 0 unspecified atom stereocenters. The second-order valence-corrected chi connectivity index (χ2v) is 3.96. The van der Waals surface area contributed by atoms with Crippen molar-refractivity contribution in [1.29, 1.82) is 0 Å². The lowest BCUT2D eigenvalue weighted by Crippen LogP contribution is -2.11. The number of ether oxygens (including phenoxy) is 1.